The second kappa shape index (κ2) is 22.9. The van der Waals surface area contributed by atoms with Gasteiger partial charge in [0.15, 0.2) is 5.82 Å². The van der Waals surface area contributed by atoms with Gasteiger partial charge >= 0.3 is 0 Å². The molecular weight excluding hydrogens is 1200 g/mol. The van der Waals surface area contributed by atoms with Crippen molar-refractivity contribution in [1.29, 1.82) is 0 Å². The van der Waals surface area contributed by atoms with Gasteiger partial charge in [-0.1, -0.05) is 263 Å². The van der Waals surface area contributed by atoms with Crippen molar-refractivity contribution in [3.63, 3.8) is 0 Å². The summed E-state index contributed by atoms with van der Waals surface area (Å²) in [6.07, 6.45) is 0. The van der Waals surface area contributed by atoms with E-state index in [1.165, 1.54) is 115 Å². The van der Waals surface area contributed by atoms with Gasteiger partial charge in [-0.2, -0.15) is 0 Å². The van der Waals surface area contributed by atoms with E-state index >= 15 is 0 Å². The van der Waals surface area contributed by atoms with Crippen LogP contribution in [0.2, 0.25) is 0 Å². The van der Waals surface area contributed by atoms with Crippen molar-refractivity contribution in [3.05, 3.63) is 233 Å². The van der Waals surface area contributed by atoms with E-state index in [0.29, 0.717) is 5.82 Å². The standard InChI is InChI=1S/C94H103BN4/c1-87(2,3)65-39-62(40-66(47-65)88(4,5)6)79-55-80(63-41-67(89(7,8)9)48-68(42-63)90(10,11)12)97-86(96-79)64-45-81-83-82(46-64)99(74-53-71(93(19,20)21)50-72(54-74)94(22,23)24)85-76-44-59-32-28-26-30-57(59)38-61(76)34-36-78(85)95(83)77-35-33-60-37-56-29-25-27-31-58(56)43-75(60)84(77)98(81)73-51-69(91(13,14)15)49-70(52-73)92(16,17)18/h25-55H,1-24H3. The number of nitrogens with zero attached hydrogens (tertiary/aromatic N) is 4. The molecule has 0 amide bonds. The lowest BCUT2D eigenvalue weighted by Gasteiger charge is -2.46. The summed E-state index contributed by atoms with van der Waals surface area (Å²) in [6.45, 7) is 56.3. The molecule has 502 valence electrons. The lowest BCUT2D eigenvalue weighted by Crippen LogP contribution is -2.61. The Balaban J connectivity index is 1.21. The van der Waals surface area contributed by atoms with Crippen LogP contribution in [0.3, 0.4) is 0 Å². The molecule has 0 aliphatic carbocycles. The SMILES string of the molecule is CC(C)(C)c1cc(-c2cc(-c3cc(C(C)(C)C)cc(C(C)(C)C)c3)nc(-c3cc4c5c(c3)N(c3cc(C(C)(C)C)cc(C(C)(C)C)c3)c3c(ccc6cc7ccccc7cc36)B5c3ccc5cc6ccccc6cc5c3N4c3cc(C(C)(C)C)cc(C(C)(C)C)c3)n2)cc(C(C)(C)C)c1. The van der Waals surface area contributed by atoms with Crippen LogP contribution < -0.4 is 26.2 Å². The second-order valence-electron chi connectivity index (χ2n) is 37.5. The lowest BCUT2D eigenvalue weighted by molar-refractivity contribution is 0.568. The molecule has 4 nitrogen and oxygen atoms in total. The van der Waals surface area contributed by atoms with Crippen LogP contribution in [-0.4, -0.2) is 16.7 Å². The van der Waals surface area contributed by atoms with Gasteiger partial charge in [-0.25, -0.2) is 9.97 Å². The average Bonchev–Trinajstić information content (AvgIpc) is 0.683. The maximum absolute atomic E-state index is 6.04. The van der Waals surface area contributed by atoms with E-state index in [1.807, 2.05) is 0 Å². The number of hydrogen-bond donors (Lipinski definition) is 0. The number of anilines is 6. The van der Waals surface area contributed by atoms with Gasteiger partial charge in [-0.05, 0) is 228 Å². The van der Waals surface area contributed by atoms with Crippen LogP contribution in [0.15, 0.2) is 188 Å². The number of aromatic nitrogens is 2. The van der Waals surface area contributed by atoms with Crippen LogP contribution in [0, 0.1) is 0 Å². The van der Waals surface area contributed by atoms with Crippen LogP contribution in [0.1, 0.15) is 211 Å². The molecule has 14 rings (SSSR count). The van der Waals surface area contributed by atoms with Gasteiger partial charge in [0.2, 0.25) is 0 Å². The smallest absolute Gasteiger partial charge is 0.252 e. The highest BCUT2D eigenvalue weighted by Gasteiger charge is 2.46. The molecule has 12 aromatic rings. The topological polar surface area (TPSA) is 32.3 Å². The molecule has 1 aromatic heterocycles. The first kappa shape index (κ1) is 67.4. The summed E-state index contributed by atoms with van der Waals surface area (Å²) in [5.41, 5.74) is 24.7. The Morgan fingerprint density at radius 1 is 0.263 bits per heavy atom. The maximum atomic E-state index is 6.04. The summed E-state index contributed by atoms with van der Waals surface area (Å²) >= 11 is 0. The summed E-state index contributed by atoms with van der Waals surface area (Å²) < 4.78 is 0. The van der Waals surface area contributed by atoms with Gasteiger partial charge in [-0.3, -0.25) is 0 Å². The molecular formula is C94H103BN4. The van der Waals surface area contributed by atoms with Crippen molar-refractivity contribution >= 4 is 100 Å². The van der Waals surface area contributed by atoms with Crippen molar-refractivity contribution in [1.82, 2.24) is 9.97 Å². The van der Waals surface area contributed by atoms with Crippen LogP contribution in [-0.2, 0) is 43.3 Å². The Morgan fingerprint density at radius 3 is 0.838 bits per heavy atom. The van der Waals surface area contributed by atoms with Crippen molar-refractivity contribution < 1.29 is 0 Å². The van der Waals surface area contributed by atoms with Crippen LogP contribution >= 0.6 is 0 Å². The van der Waals surface area contributed by atoms with Crippen molar-refractivity contribution in [2.75, 3.05) is 9.80 Å². The zero-order chi connectivity index (χ0) is 71.0. The molecule has 2 aliphatic heterocycles. The average molecular weight is 1300 g/mol. The first-order valence-corrected chi connectivity index (χ1v) is 36.3. The summed E-state index contributed by atoms with van der Waals surface area (Å²) in [6, 6.07) is 74.1. The molecule has 2 aliphatic rings. The van der Waals surface area contributed by atoms with Crippen molar-refractivity contribution in [2.45, 2.75) is 209 Å². The molecule has 0 radical (unpaired) electrons. The Kier molecular flexibility index (Phi) is 15.6. The normalized spacial score (nSPS) is 14.0. The summed E-state index contributed by atoms with van der Waals surface area (Å²) in [5.74, 6) is 0.678. The van der Waals surface area contributed by atoms with Crippen molar-refractivity contribution in [2.24, 2.45) is 0 Å². The Labute approximate surface area is 592 Å². The molecule has 0 N–H and O–H groups in total. The maximum Gasteiger partial charge on any atom is 0.252 e. The summed E-state index contributed by atoms with van der Waals surface area (Å²) in [5, 5.41) is 9.72. The van der Waals surface area contributed by atoms with Gasteiger partial charge in [0, 0.05) is 61.6 Å². The Morgan fingerprint density at radius 2 is 0.545 bits per heavy atom. The molecule has 0 saturated heterocycles. The minimum Gasteiger partial charge on any atom is -0.311 e. The molecule has 0 unspecified atom stereocenters. The number of fused-ring (bicyclic) bond motifs is 10. The molecule has 5 heteroatoms. The third-order valence-electron chi connectivity index (χ3n) is 21.5. The first-order chi connectivity index (χ1) is 46.1. The second-order valence-corrected chi connectivity index (χ2v) is 37.5. The highest BCUT2D eigenvalue weighted by Crippen LogP contribution is 2.52. The van der Waals surface area contributed by atoms with E-state index in [2.05, 4.69) is 364 Å². The monoisotopic (exact) mass is 1300 g/mol. The molecule has 99 heavy (non-hydrogen) atoms. The fourth-order valence-corrected chi connectivity index (χ4v) is 15.0. The minimum atomic E-state index is -0.191. The highest BCUT2D eigenvalue weighted by molar-refractivity contribution is 7.00. The third-order valence-corrected chi connectivity index (χ3v) is 21.5. The molecule has 3 heterocycles. The molecule has 11 aromatic carbocycles. The zero-order valence-corrected chi connectivity index (χ0v) is 63.8. The third kappa shape index (κ3) is 12.3. The van der Waals surface area contributed by atoms with E-state index in [9.17, 15) is 0 Å². The fourth-order valence-electron chi connectivity index (χ4n) is 15.0. The van der Waals surface area contributed by atoms with E-state index in [-0.39, 0.29) is 50.0 Å². The molecule has 0 spiro atoms. The quantitative estimate of drug-likeness (QED) is 0.127. The number of rotatable bonds is 5. The predicted molar refractivity (Wildman–Crippen MR) is 432 cm³/mol. The van der Waals surface area contributed by atoms with Gasteiger partial charge in [0.1, 0.15) is 0 Å². The van der Waals surface area contributed by atoms with Crippen LogP contribution in [0.4, 0.5) is 34.1 Å². The zero-order valence-electron chi connectivity index (χ0n) is 63.8. The fraction of sp³-hybridized carbons (Fsp3) is 0.340. The number of benzene rings is 11. The van der Waals surface area contributed by atoms with Gasteiger partial charge in [0.05, 0.1) is 11.4 Å². The van der Waals surface area contributed by atoms with Crippen LogP contribution in [0.5, 0.6) is 0 Å². The van der Waals surface area contributed by atoms with E-state index < -0.39 is 0 Å². The molecule has 0 bridgehead atoms. The molecule has 0 atom stereocenters. The minimum absolute atomic E-state index is 0.129. The van der Waals surface area contributed by atoms with Gasteiger partial charge in [-0.15, -0.1) is 0 Å². The van der Waals surface area contributed by atoms with E-state index in [4.69, 9.17) is 9.97 Å². The van der Waals surface area contributed by atoms with Crippen LogP contribution in [0.25, 0.3) is 77.0 Å². The number of hydrogen-bond acceptors (Lipinski definition) is 4. The van der Waals surface area contributed by atoms with Crippen molar-refractivity contribution in [3.8, 4) is 33.9 Å². The first-order valence-electron chi connectivity index (χ1n) is 36.3. The lowest BCUT2D eigenvalue weighted by atomic mass is 9.33. The molecule has 0 fully saturated rings. The predicted octanol–water partition coefficient (Wildman–Crippen LogP) is 24.6. The van der Waals surface area contributed by atoms with E-state index in [1.54, 1.807) is 0 Å². The summed E-state index contributed by atoms with van der Waals surface area (Å²) in [4.78, 5) is 17.5. The Bertz CT molecular complexity index is 4840. The van der Waals surface area contributed by atoms with Gasteiger partial charge in [0.25, 0.3) is 6.71 Å². The molecule has 0 saturated carbocycles. The van der Waals surface area contributed by atoms with E-state index in [0.717, 1.165) is 50.8 Å². The summed E-state index contributed by atoms with van der Waals surface area (Å²) in [7, 11) is 0. The highest BCUT2D eigenvalue weighted by atomic mass is 15.2. The largest absolute Gasteiger partial charge is 0.311 e. The van der Waals surface area contributed by atoms with Gasteiger partial charge < -0.3 is 9.80 Å². The Hall–Kier alpha value is -8.80.